The van der Waals surface area contributed by atoms with E-state index in [4.69, 9.17) is 4.74 Å². The monoisotopic (exact) mass is 569 g/mol. The van der Waals surface area contributed by atoms with Gasteiger partial charge in [-0.3, -0.25) is 14.4 Å². The zero-order valence-electron chi connectivity index (χ0n) is 22.8. The van der Waals surface area contributed by atoms with Crippen LogP contribution in [0.5, 0.6) is 5.88 Å². The Morgan fingerprint density at radius 1 is 1.24 bits per heavy atom. The number of aromatic nitrogens is 5. The van der Waals surface area contributed by atoms with E-state index in [1.165, 1.54) is 7.11 Å². The minimum absolute atomic E-state index is 0.0343. The SMILES string of the molecule is COc1nn(C)cc1Nc1ncc(F)c(-c2c[nH]c3c(NC(=O)[C@H]4CC(F)(F)CN4C4CCN(C)C4)cccc23)n1. The molecule has 6 rings (SSSR count). The van der Waals surface area contributed by atoms with Crippen LogP contribution in [0.2, 0.25) is 0 Å². The Hall–Kier alpha value is -4.17. The molecule has 1 amide bonds. The first kappa shape index (κ1) is 27.0. The number of likely N-dealkylation sites (tertiary alicyclic amines) is 2. The standard InChI is InChI=1S/C27H30F3N9O2/c1-37-8-7-15(12-37)39-14-27(29,30)9-21(39)24(40)33-19-6-4-5-16-17(10-31-23(16)19)22-18(28)11-32-26(35-22)34-20-13-38(2)36-25(20)41-3/h4-6,10-11,13,15,21,31H,7-9,12,14H2,1-3H3,(H,33,40)(H,32,34,35)/t15?,21-/m1/s1. The Kier molecular flexibility index (Phi) is 6.82. The number of carbonyl (C=O) groups is 1. The number of H-pyrrole nitrogens is 1. The second-order valence-corrected chi connectivity index (χ2v) is 10.6. The third-order valence-corrected chi connectivity index (χ3v) is 7.65. The van der Waals surface area contributed by atoms with Crippen molar-refractivity contribution in [2.45, 2.75) is 30.8 Å². The van der Waals surface area contributed by atoms with Gasteiger partial charge in [-0.25, -0.2) is 23.1 Å². The highest BCUT2D eigenvalue weighted by Gasteiger charge is 2.50. The van der Waals surface area contributed by atoms with Crippen molar-refractivity contribution in [2.24, 2.45) is 7.05 Å². The number of nitrogens with one attached hydrogen (secondary N) is 3. The van der Waals surface area contributed by atoms with E-state index in [9.17, 15) is 18.0 Å². The van der Waals surface area contributed by atoms with Crippen LogP contribution in [-0.4, -0.2) is 92.2 Å². The zero-order valence-corrected chi connectivity index (χ0v) is 22.8. The largest absolute Gasteiger partial charge is 0.478 e. The van der Waals surface area contributed by atoms with Crippen LogP contribution in [0.1, 0.15) is 12.8 Å². The van der Waals surface area contributed by atoms with Gasteiger partial charge < -0.3 is 25.3 Å². The Balaban J connectivity index is 1.27. The van der Waals surface area contributed by atoms with Gasteiger partial charge in [-0.1, -0.05) is 12.1 Å². The zero-order chi connectivity index (χ0) is 28.9. The number of amides is 1. The number of alkyl halides is 2. The first-order chi connectivity index (χ1) is 19.6. The number of methoxy groups -OCH3 is 1. The number of hydrogen-bond acceptors (Lipinski definition) is 8. The molecule has 0 aliphatic carbocycles. The van der Waals surface area contributed by atoms with E-state index in [-0.39, 0.29) is 17.7 Å². The lowest BCUT2D eigenvalue weighted by Gasteiger charge is -2.29. The maximum atomic E-state index is 15.0. The molecule has 0 bridgehead atoms. The molecule has 1 aromatic carbocycles. The van der Waals surface area contributed by atoms with Crippen molar-refractivity contribution in [1.29, 1.82) is 0 Å². The van der Waals surface area contributed by atoms with Crippen LogP contribution in [-0.2, 0) is 11.8 Å². The lowest BCUT2D eigenvalue weighted by atomic mass is 10.1. The number of aromatic amines is 1. The first-order valence-corrected chi connectivity index (χ1v) is 13.2. The number of nitrogens with zero attached hydrogens (tertiary/aromatic N) is 6. The molecular formula is C27H30F3N9O2. The second kappa shape index (κ2) is 10.3. The summed E-state index contributed by atoms with van der Waals surface area (Å²) in [5, 5.41) is 10.6. The van der Waals surface area contributed by atoms with Crippen LogP contribution in [0.15, 0.2) is 36.8 Å². The van der Waals surface area contributed by atoms with Gasteiger partial charge in [-0.2, -0.15) is 0 Å². The van der Waals surface area contributed by atoms with Gasteiger partial charge in [0.2, 0.25) is 11.9 Å². The number of likely N-dealkylation sites (N-methyl/N-ethyl adjacent to an activating group) is 1. The summed E-state index contributed by atoms with van der Waals surface area (Å²) in [6, 6.07) is 4.09. The van der Waals surface area contributed by atoms with E-state index >= 15 is 0 Å². The molecule has 0 saturated carbocycles. The van der Waals surface area contributed by atoms with Gasteiger partial charge in [0, 0.05) is 43.2 Å². The summed E-state index contributed by atoms with van der Waals surface area (Å²) >= 11 is 0. The number of para-hydroxylation sites is 1. The number of ether oxygens (including phenoxy) is 1. The highest BCUT2D eigenvalue weighted by Crippen LogP contribution is 2.37. The fourth-order valence-corrected chi connectivity index (χ4v) is 5.76. The fraction of sp³-hybridized carbons (Fsp3) is 0.407. The summed E-state index contributed by atoms with van der Waals surface area (Å²) in [6.45, 7) is 1.01. The van der Waals surface area contributed by atoms with Crippen molar-refractivity contribution < 1.29 is 22.7 Å². The van der Waals surface area contributed by atoms with E-state index in [2.05, 4.69) is 35.6 Å². The van der Waals surface area contributed by atoms with Crippen LogP contribution in [0, 0.1) is 5.82 Å². The maximum absolute atomic E-state index is 15.0. The van der Waals surface area contributed by atoms with Crippen molar-refractivity contribution in [2.75, 3.05) is 44.4 Å². The molecule has 2 fully saturated rings. The third kappa shape index (κ3) is 5.20. The van der Waals surface area contributed by atoms with Gasteiger partial charge in [0.05, 0.1) is 43.3 Å². The smallest absolute Gasteiger partial charge is 0.262 e. The predicted molar refractivity (Wildman–Crippen MR) is 147 cm³/mol. The number of halogens is 3. The Morgan fingerprint density at radius 3 is 2.83 bits per heavy atom. The maximum Gasteiger partial charge on any atom is 0.262 e. The quantitative estimate of drug-likeness (QED) is 0.309. The minimum atomic E-state index is -2.94. The molecule has 2 atom stereocenters. The van der Waals surface area contributed by atoms with Crippen molar-refractivity contribution in [3.8, 4) is 17.1 Å². The van der Waals surface area contributed by atoms with E-state index in [1.54, 1.807) is 47.2 Å². The van der Waals surface area contributed by atoms with Gasteiger partial charge in [-0.15, -0.1) is 5.10 Å². The molecule has 3 aromatic heterocycles. The highest BCUT2D eigenvalue weighted by molar-refractivity contribution is 6.06. The predicted octanol–water partition coefficient (Wildman–Crippen LogP) is 3.60. The molecule has 2 aliphatic heterocycles. The summed E-state index contributed by atoms with van der Waals surface area (Å²) in [5.41, 5.74) is 1.92. The third-order valence-electron chi connectivity index (χ3n) is 7.65. The minimum Gasteiger partial charge on any atom is -0.478 e. The highest BCUT2D eigenvalue weighted by atomic mass is 19.3. The van der Waals surface area contributed by atoms with Crippen molar-refractivity contribution in [3.05, 3.63) is 42.6 Å². The van der Waals surface area contributed by atoms with E-state index in [0.29, 0.717) is 40.3 Å². The second-order valence-electron chi connectivity index (χ2n) is 10.6. The first-order valence-electron chi connectivity index (χ1n) is 13.2. The number of rotatable bonds is 7. The molecule has 4 aromatic rings. The van der Waals surface area contributed by atoms with Gasteiger partial charge in [0.15, 0.2) is 5.82 Å². The Labute approximate surface area is 233 Å². The van der Waals surface area contributed by atoms with Crippen LogP contribution in [0.3, 0.4) is 0 Å². The normalized spacial score (nSPS) is 21.0. The summed E-state index contributed by atoms with van der Waals surface area (Å²) in [4.78, 5) is 28.6. The van der Waals surface area contributed by atoms with Crippen LogP contribution in [0.4, 0.5) is 30.5 Å². The van der Waals surface area contributed by atoms with Crippen molar-refractivity contribution >= 4 is 34.1 Å². The van der Waals surface area contributed by atoms with E-state index in [1.807, 2.05) is 7.05 Å². The number of carbonyl (C=O) groups excluding carboxylic acids is 1. The van der Waals surface area contributed by atoms with Gasteiger partial charge in [0.25, 0.3) is 11.8 Å². The molecule has 41 heavy (non-hydrogen) atoms. The number of fused-ring (bicyclic) bond motifs is 1. The molecule has 14 heteroatoms. The van der Waals surface area contributed by atoms with Crippen molar-refractivity contribution in [1.82, 2.24) is 34.5 Å². The fourth-order valence-electron chi connectivity index (χ4n) is 5.76. The topological polar surface area (TPSA) is 116 Å². The van der Waals surface area contributed by atoms with Gasteiger partial charge >= 0.3 is 0 Å². The van der Waals surface area contributed by atoms with Gasteiger partial charge in [-0.05, 0) is 26.1 Å². The summed E-state index contributed by atoms with van der Waals surface area (Å²) < 4.78 is 50.8. The Morgan fingerprint density at radius 2 is 2.07 bits per heavy atom. The summed E-state index contributed by atoms with van der Waals surface area (Å²) in [6.07, 6.45) is 4.53. The lowest BCUT2D eigenvalue weighted by molar-refractivity contribution is -0.121. The molecule has 216 valence electrons. The molecule has 11 nitrogen and oxygen atoms in total. The average Bonchev–Trinajstić information content (AvgIpc) is 3.70. The van der Waals surface area contributed by atoms with Crippen LogP contribution >= 0.6 is 0 Å². The molecule has 2 saturated heterocycles. The summed E-state index contributed by atoms with van der Waals surface area (Å²) in [5.74, 6) is -3.62. The van der Waals surface area contributed by atoms with Crippen LogP contribution in [0.25, 0.3) is 22.2 Å². The molecule has 2 aliphatic rings. The molecule has 5 heterocycles. The van der Waals surface area contributed by atoms with Crippen LogP contribution < -0.4 is 15.4 Å². The molecular weight excluding hydrogens is 539 g/mol. The lowest BCUT2D eigenvalue weighted by Crippen LogP contribution is -2.46. The number of benzene rings is 1. The summed E-state index contributed by atoms with van der Waals surface area (Å²) in [7, 11) is 5.16. The molecule has 0 radical (unpaired) electrons. The van der Waals surface area contributed by atoms with Gasteiger partial charge in [0.1, 0.15) is 11.4 Å². The van der Waals surface area contributed by atoms with E-state index in [0.717, 1.165) is 19.2 Å². The number of aryl methyl sites for hydroxylation is 1. The van der Waals surface area contributed by atoms with Crippen molar-refractivity contribution in [3.63, 3.8) is 0 Å². The molecule has 1 unspecified atom stereocenters. The Bertz CT molecular complexity index is 1600. The number of hydrogen-bond donors (Lipinski definition) is 3. The molecule has 3 N–H and O–H groups in total. The number of anilines is 3. The molecule has 0 spiro atoms. The van der Waals surface area contributed by atoms with E-state index < -0.39 is 36.7 Å². The average molecular weight is 570 g/mol.